The topological polar surface area (TPSA) is 43.4 Å². The van der Waals surface area contributed by atoms with Gasteiger partial charge in [-0.05, 0) is 35.3 Å². The quantitative estimate of drug-likeness (QED) is 0.873. The highest BCUT2D eigenvalue weighted by Crippen LogP contribution is 2.37. The molecule has 0 radical (unpaired) electrons. The Bertz CT molecular complexity index is 664. The highest BCUT2D eigenvalue weighted by atomic mass is 32.2. The van der Waals surface area contributed by atoms with Crippen molar-refractivity contribution < 1.29 is 22.6 Å². The molecule has 1 aliphatic heterocycles. The number of hydrogen-bond acceptors (Lipinski definition) is 5. The predicted octanol–water partition coefficient (Wildman–Crippen LogP) is 3.63. The molecule has 1 aromatic heterocycles. The summed E-state index contributed by atoms with van der Waals surface area (Å²) in [7, 11) is 0. The monoisotopic (exact) mass is 316 g/mol. The number of alkyl halides is 3. The van der Waals surface area contributed by atoms with E-state index in [0.717, 1.165) is 10.8 Å². The fourth-order valence-corrected chi connectivity index (χ4v) is 2.47. The number of rotatable bonds is 4. The van der Waals surface area contributed by atoms with Gasteiger partial charge in [-0.2, -0.15) is 13.2 Å². The molecule has 3 rings (SSSR count). The lowest BCUT2D eigenvalue weighted by Crippen LogP contribution is -2.10. The second kappa shape index (κ2) is 5.51. The number of fused-ring (bicyclic) bond motifs is 2. The van der Waals surface area contributed by atoms with E-state index in [0.29, 0.717) is 17.3 Å². The first-order valence-electron chi connectivity index (χ1n) is 6.16. The normalized spacial score (nSPS) is 13.7. The summed E-state index contributed by atoms with van der Waals surface area (Å²) < 4.78 is 46.8. The van der Waals surface area contributed by atoms with Gasteiger partial charge in [0.2, 0.25) is 6.79 Å². The molecule has 2 aromatic rings. The van der Waals surface area contributed by atoms with Gasteiger partial charge in [0.1, 0.15) is 5.82 Å². The number of halogens is 3. The van der Waals surface area contributed by atoms with Crippen LogP contribution in [0.2, 0.25) is 0 Å². The zero-order valence-electron chi connectivity index (χ0n) is 10.7. The van der Waals surface area contributed by atoms with Crippen molar-refractivity contribution in [3.8, 4) is 11.5 Å². The Morgan fingerprint density at radius 3 is 2.76 bits per heavy atom. The Kier molecular flexibility index (Phi) is 3.71. The third-order valence-electron chi connectivity index (χ3n) is 2.92. The van der Waals surface area contributed by atoms with Gasteiger partial charge >= 0.3 is 5.51 Å². The molecule has 0 fully saturated rings. The number of benzene rings is 1. The Balaban J connectivity index is 1.76. The van der Waals surface area contributed by atoms with Crippen molar-refractivity contribution in [2.24, 2.45) is 0 Å². The SMILES string of the molecule is FC(F)(F)SCCNc1nccc2cc3c(cc12)OCO3. The smallest absolute Gasteiger partial charge is 0.441 e. The van der Waals surface area contributed by atoms with Crippen molar-refractivity contribution in [1.29, 1.82) is 0 Å². The van der Waals surface area contributed by atoms with Crippen LogP contribution in [0.4, 0.5) is 19.0 Å². The number of anilines is 1. The van der Waals surface area contributed by atoms with E-state index in [1.54, 1.807) is 12.3 Å². The van der Waals surface area contributed by atoms with Gasteiger partial charge in [-0.25, -0.2) is 4.98 Å². The van der Waals surface area contributed by atoms with Crippen molar-refractivity contribution >= 4 is 28.4 Å². The Labute approximate surface area is 122 Å². The largest absolute Gasteiger partial charge is 0.454 e. The average Bonchev–Trinajstić information content (AvgIpc) is 2.87. The molecule has 0 amide bonds. The van der Waals surface area contributed by atoms with Crippen molar-refractivity contribution in [3.63, 3.8) is 0 Å². The lowest BCUT2D eigenvalue weighted by molar-refractivity contribution is -0.0327. The first-order valence-corrected chi connectivity index (χ1v) is 7.14. The first kappa shape index (κ1) is 14.1. The number of nitrogens with one attached hydrogen (secondary N) is 1. The van der Waals surface area contributed by atoms with Gasteiger partial charge in [0.25, 0.3) is 0 Å². The third-order valence-corrected chi connectivity index (χ3v) is 3.65. The van der Waals surface area contributed by atoms with Crippen molar-refractivity contribution in [3.05, 3.63) is 24.4 Å². The molecule has 0 saturated heterocycles. The zero-order chi connectivity index (χ0) is 14.9. The van der Waals surface area contributed by atoms with Gasteiger partial charge in [0.15, 0.2) is 11.5 Å². The van der Waals surface area contributed by atoms with Crippen molar-refractivity contribution in [1.82, 2.24) is 4.98 Å². The second-order valence-electron chi connectivity index (χ2n) is 4.31. The van der Waals surface area contributed by atoms with Gasteiger partial charge in [-0.3, -0.25) is 0 Å². The van der Waals surface area contributed by atoms with E-state index in [1.807, 2.05) is 12.1 Å². The molecule has 1 N–H and O–H groups in total. The molecule has 1 aliphatic rings. The van der Waals surface area contributed by atoms with Crippen LogP contribution < -0.4 is 14.8 Å². The van der Waals surface area contributed by atoms with E-state index in [9.17, 15) is 13.2 Å². The van der Waals surface area contributed by atoms with Crippen LogP contribution in [-0.2, 0) is 0 Å². The number of pyridine rings is 1. The molecule has 0 bridgehead atoms. The molecular formula is C13H11F3N2O2S. The summed E-state index contributed by atoms with van der Waals surface area (Å²) >= 11 is -0.0567. The van der Waals surface area contributed by atoms with E-state index in [2.05, 4.69) is 10.3 Å². The third kappa shape index (κ3) is 3.26. The number of ether oxygens (including phenoxy) is 2. The minimum Gasteiger partial charge on any atom is -0.454 e. The van der Waals surface area contributed by atoms with Gasteiger partial charge in [0, 0.05) is 23.9 Å². The molecule has 0 unspecified atom stereocenters. The summed E-state index contributed by atoms with van der Waals surface area (Å²) in [5.41, 5.74) is -4.21. The van der Waals surface area contributed by atoms with Crippen LogP contribution in [-0.4, -0.2) is 29.6 Å². The lowest BCUT2D eigenvalue weighted by Gasteiger charge is -2.10. The molecule has 8 heteroatoms. The molecule has 0 aliphatic carbocycles. The van der Waals surface area contributed by atoms with Crippen molar-refractivity contribution in [2.45, 2.75) is 5.51 Å². The fraction of sp³-hybridized carbons (Fsp3) is 0.308. The van der Waals surface area contributed by atoms with Crippen LogP contribution in [0.25, 0.3) is 10.8 Å². The number of nitrogens with zero attached hydrogens (tertiary/aromatic N) is 1. The minimum atomic E-state index is -4.21. The Hall–Kier alpha value is -1.83. The molecular weight excluding hydrogens is 305 g/mol. The van der Waals surface area contributed by atoms with E-state index < -0.39 is 5.51 Å². The van der Waals surface area contributed by atoms with Gasteiger partial charge in [-0.1, -0.05) is 0 Å². The molecule has 2 heterocycles. The maximum atomic E-state index is 12.1. The lowest BCUT2D eigenvalue weighted by atomic mass is 10.1. The van der Waals surface area contributed by atoms with Gasteiger partial charge in [0.05, 0.1) is 0 Å². The Morgan fingerprint density at radius 2 is 2.00 bits per heavy atom. The van der Waals surface area contributed by atoms with Crippen LogP contribution >= 0.6 is 11.8 Å². The summed E-state index contributed by atoms with van der Waals surface area (Å²) in [5, 5.41) is 4.60. The van der Waals surface area contributed by atoms with E-state index in [-0.39, 0.29) is 30.9 Å². The molecule has 0 atom stereocenters. The Morgan fingerprint density at radius 1 is 1.24 bits per heavy atom. The first-order chi connectivity index (χ1) is 10.0. The molecule has 0 spiro atoms. The van der Waals surface area contributed by atoms with Gasteiger partial charge in [-0.15, -0.1) is 0 Å². The summed E-state index contributed by atoms with van der Waals surface area (Å²) in [6.45, 7) is 0.342. The number of aromatic nitrogens is 1. The maximum absolute atomic E-state index is 12.1. The molecule has 112 valence electrons. The highest BCUT2D eigenvalue weighted by Gasteiger charge is 2.27. The molecule has 0 saturated carbocycles. The van der Waals surface area contributed by atoms with E-state index in [1.165, 1.54) is 0 Å². The summed E-state index contributed by atoms with van der Waals surface area (Å²) in [6, 6.07) is 5.42. The predicted molar refractivity (Wildman–Crippen MR) is 74.9 cm³/mol. The molecule has 4 nitrogen and oxygen atoms in total. The van der Waals surface area contributed by atoms with Crippen LogP contribution in [0.3, 0.4) is 0 Å². The second-order valence-corrected chi connectivity index (χ2v) is 5.47. The maximum Gasteiger partial charge on any atom is 0.441 e. The summed E-state index contributed by atoms with van der Waals surface area (Å²) in [6.07, 6.45) is 1.60. The van der Waals surface area contributed by atoms with Crippen LogP contribution in [0.5, 0.6) is 11.5 Å². The summed E-state index contributed by atoms with van der Waals surface area (Å²) in [4.78, 5) is 4.17. The standard InChI is InChI=1S/C13H11F3N2O2S/c14-13(15,16)21-4-3-18-12-9-6-11-10(19-7-20-11)5-8(9)1-2-17-12/h1-2,5-6H,3-4,7H2,(H,17,18). The van der Waals surface area contributed by atoms with E-state index in [4.69, 9.17) is 9.47 Å². The van der Waals surface area contributed by atoms with Crippen LogP contribution in [0, 0.1) is 0 Å². The number of thioether (sulfide) groups is 1. The highest BCUT2D eigenvalue weighted by molar-refractivity contribution is 8.00. The fourth-order valence-electron chi connectivity index (χ4n) is 2.04. The van der Waals surface area contributed by atoms with E-state index >= 15 is 0 Å². The average molecular weight is 316 g/mol. The summed E-state index contributed by atoms with van der Waals surface area (Å²) in [5.74, 6) is 1.73. The van der Waals surface area contributed by atoms with Crippen LogP contribution in [0.15, 0.2) is 24.4 Å². The molecule has 21 heavy (non-hydrogen) atoms. The van der Waals surface area contributed by atoms with Crippen LogP contribution in [0.1, 0.15) is 0 Å². The van der Waals surface area contributed by atoms with Crippen molar-refractivity contribution in [2.75, 3.05) is 24.4 Å². The molecule has 1 aromatic carbocycles. The minimum absolute atomic E-state index is 0.0567. The van der Waals surface area contributed by atoms with Gasteiger partial charge < -0.3 is 14.8 Å². The zero-order valence-corrected chi connectivity index (χ0v) is 11.6. The number of hydrogen-bond donors (Lipinski definition) is 1.